The number of aromatic amines is 1. The SMILES string of the molecule is N[C@H]1CCCC[C@H]1NC(=O)C1=CN(c2ncnc3[nH]ccc23)CCS1. The number of carbonyl (C=O) groups excluding carboxylic acids is 1. The summed E-state index contributed by atoms with van der Waals surface area (Å²) in [5.41, 5.74) is 6.96. The van der Waals surface area contributed by atoms with Gasteiger partial charge in [-0.3, -0.25) is 4.79 Å². The van der Waals surface area contributed by atoms with Gasteiger partial charge in [-0.1, -0.05) is 12.8 Å². The minimum Gasteiger partial charge on any atom is -0.347 e. The largest absolute Gasteiger partial charge is 0.347 e. The van der Waals surface area contributed by atoms with Gasteiger partial charge in [-0.05, 0) is 18.9 Å². The van der Waals surface area contributed by atoms with Crippen LogP contribution in [-0.4, -0.2) is 45.2 Å². The highest BCUT2D eigenvalue weighted by Crippen LogP contribution is 2.29. The molecular formula is C17H22N6OS. The van der Waals surface area contributed by atoms with Crippen LogP contribution in [0.5, 0.6) is 0 Å². The van der Waals surface area contributed by atoms with Crippen molar-refractivity contribution in [2.24, 2.45) is 5.73 Å². The molecule has 2 aromatic heterocycles. The van der Waals surface area contributed by atoms with Crippen molar-refractivity contribution in [3.05, 3.63) is 29.7 Å². The molecule has 1 aliphatic heterocycles. The maximum Gasteiger partial charge on any atom is 0.259 e. The van der Waals surface area contributed by atoms with Crippen LogP contribution in [-0.2, 0) is 4.79 Å². The molecule has 8 heteroatoms. The zero-order valence-corrected chi connectivity index (χ0v) is 14.8. The lowest BCUT2D eigenvalue weighted by Gasteiger charge is -2.31. The fraction of sp³-hybridized carbons (Fsp3) is 0.471. The first-order chi connectivity index (χ1) is 12.2. The van der Waals surface area contributed by atoms with E-state index in [0.717, 1.165) is 54.8 Å². The van der Waals surface area contributed by atoms with Crippen molar-refractivity contribution in [2.75, 3.05) is 17.2 Å². The molecule has 0 radical (unpaired) electrons. The predicted octanol–water partition coefficient (Wildman–Crippen LogP) is 1.74. The van der Waals surface area contributed by atoms with Crippen molar-refractivity contribution < 1.29 is 4.79 Å². The van der Waals surface area contributed by atoms with Crippen LogP contribution in [0.2, 0.25) is 0 Å². The summed E-state index contributed by atoms with van der Waals surface area (Å²) in [6.07, 6.45) is 9.52. The van der Waals surface area contributed by atoms with Gasteiger partial charge in [-0.2, -0.15) is 0 Å². The van der Waals surface area contributed by atoms with E-state index in [1.54, 1.807) is 18.1 Å². The highest BCUT2D eigenvalue weighted by atomic mass is 32.2. The van der Waals surface area contributed by atoms with Crippen molar-refractivity contribution in [1.82, 2.24) is 20.3 Å². The van der Waals surface area contributed by atoms with Crippen LogP contribution < -0.4 is 16.0 Å². The summed E-state index contributed by atoms with van der Waals surface area (Å²) in [6, 6.07) is 2.10. The number of nitrogens with zero attached hydrogens (tertiary/aromatic N) is 3. The molecule has 0 spiro atoms. The van der Waals surface area contributed by atoms with E-state index < -0.39 is 0 Å². The van der Waals surface area contributed by atoms with E-state index in [9.17, 15) is 4.79 Å². The average Bonchev–Trinajstić information content (AvgIpc) is 3.12. The van der Waals surface area contributed by atoms with Gasteiger partial charge < -0.3 is 20.9 Å². The Balaban J connectivity index is 1.54. The quantitative estimate of drug-likeness (QED) is 0.773. The van der Waals surface area contributed by atoms with Crippen molar-refractivity contribution in [1.29, 1.82) is 0 Å². The Morgan fingerprint density at radius 2 is 2.24 bits per heavy atom. The number of rotatable bonds is 3. The smallest absolute Gasteiger partial charge is 0.259 e. The molecule has 1 saturated carbocycles. The van der Waals surface area contributed by atoms with Gasteiger partial charge in [-0.25, -0.2) is 9.97 Å². The topological polar surface area (TPSA) is 99.9 Å². The Kier molecular flexibility index (Phi) is 4.63. The molecule has 1 amide bonds. The van der Waals surface area contributed by atoms with Gasteiger partial charge in [0.1, 0.15) is 17.8 Å². The van der Waals surface area contributed by atoms with Crippen LogP contribution in [0.25, 0.3) is 11.0 Å². The Labute approximate surface area is 150 Å². The normalized spacial score (nSPS) is 24.2. The fourth-order valence-corrected chi connectivity index (χ4v) is 4.35. The molecule has 4 rings (SSSR count). The number of H-pyrrole nitrogens is 1. The van der Waals surface area contributed by atoms with Gasteiger partial charge >= 0.3 is 0 Å². The number of hydrogen-bond donors (Lipinski definition) is 3. The summed E-state index contributed by atoms with van der Waals surface area (Å²) in [7, 11) is 0. The lowest BCUT2D eigenvalue weighted by molar-refractivity contribution is -0.117. The minimum atomic E-state index is -0.0311. The molecule has 0 bridgehead atoms. The number of nitrogens with two attached hydrogens (primary N) is 1. The lowest BCUT2D eigenvalue weighted by atomic mass is 9.91. The van der Waals surface area contributed by atoms with Gasteiger partial charge in [0.25, 0.3) is 5.91 Å². The molecule has 2 atom stereocenters. The van der Waals surface area contributed by atoms with Crippen LogP contribution in [0.4, 0.5) is 5.82 Å². The molecule has 2 aromatic rings. The second-order valence-corrected chi connectivity index (χ2v) is 7.64. The second-order valence-electron chi connectivity index (χ2n) is 6.50. The van der Waals surface area contributed by atoms with E-state index in [1.807, 2.05) is 23.4 Å². The first-order valence-electron chi connectivity index (χ1n) is 8.68. The van der Waals surface area contributed by atoms with E-state index in [1.165, 1.54) is 0 Å². The van der Waals surface area contributed by atoms with E-state index in [-0.39, 0.29) is 18.0 Å². The number of aromatic nitrogens is 3. The summed E-state index contributed by atoms with van der Waals surface area (Å²) in [5.74, 6) is 1.63. The Hall–Kier alpha value is -2.06. The summed E-state index contributed by atoms with van der Waals surface area (Å²) in [6.45, 7) is 0.807. The van der Waals surface area contributed by atoms with Crippen molar-refractivity contribution in [3.8, 4) is 0 Å². The van der Waals surface area contributed by atoms with Crippen LogP contribution in [0.1, 0.15) is 25.7 Å². The molecule has 4 N–H and O–H groups in total. The Morgan fingerprint density at radius 1 is 1.36 bits per heavy atom. The van der Waals surface area contributed by atoms with Gasteiger partial charge in [0.05, 0.1) is 10.3 Å². The van der Waals surface area contributed by atoms with E-state index in [0.29, 0.717) is 4.91 Å². The van der Waals surface area contributed by atoms with Crippen molar-refractivity contribution in [2.45, 2.75) is 37.8 Å². The third-order valence-electron chi connectivity index (χ3n) is 4.83. The summed E-state index contributed by atoms with van der Waals surface area (Å²) >= 11 is 1.58. The highest BCUT2D eigenvalue weighted by Gasteiger charge is 2.26. The Morgan fingerprint density at radius 3 is 3.12 bits per heavy atom. The van der Waals surface area contributed by atoms with Crippen LogP contribution in [0.15, 0.2) is 29.7 Å². The average molecular weight is 358 g/mol. The number of carbonyl (C=O) groups is 1. The van der Waals surface area contributed by atoms with Crippen LogP contribution in [0.3, 0.4) is 0 Å². The maximum atomic E-state index is 12.7. The zero-order valence-electron chi connectivity index (χ0n) is 13.9. The number of nitrogens with one attached hydrogen (secondary N) is 2. The van der Waals surface area contributed by atoms with Crippen LogP contribution in [0, 0.1) is 0 Å². The van der Waals surface area contributed by atoms with E-state index in [2.05, 4.69) is 20.3 Å². The molecule has 0 unspecified atom stereocenters. The summed E-state index contributed by atoms with van der Waals surface area (Å²) in [5, 5.41) is 4.08. The first-order valence-corrected chi connectivity index (χ1v) is 9.67. The van der Waals surface area contributed by atoms with Gasteiger partial charge in [0, 0.05) is 36.8 Å². The number of thioether (sulfide) groups is 1. The molecule has 3 heterocycles. The number of anilines is 1. The Bertz CT molecular complexity index is 803. The van der Waals surface area contributed by atoms with E-state index in [4.69, 9.17) is 5.73 Å². The lowest BCUT2D eigenvalue weighted by Crippen LogP contribution is -2.49. The molecular weight excluding hydrogens is 336 g/mol. The van der Waals surface area contributed by atoms with Gasteiger partial charge in [0.15, 0.2) is 0 Å². The number of fused-ring (bicyclic) bond motifs is 1. The minimum absolute atomic E-state index is 0.0311. The summed E-state index contributed by atoms with van der Waals surface area (Å²) in [4.78, 5) is 27.2. The molecule has 132 valence electrons. The molecule has 0 saturated heterocycles. The van der Waals surface area contributed by atoms with Crippen molar-refractivity contribution in [3.63, 3.8) is 0 Å². The van der Waals surface area contributed by atoms with E-state index >= 15 is 0 Å². The molecule has 0 aromatic carbocycles. The highest BCUT2D eigenvalue weighted by molar-refractivity contribution is 8.04. The standard InChI is InChI=1S/C17H22N6OS/c18-12-3-1-2-4-13(12)22-17(24)14-9-23(7-8-25-14)16-11-5-6-19-15(11)20-10-21-16/h5-6,9-10,12-13H,1-4,7-8,18H2,(H,22,24)(H,19,20,21)/t12-,13+/m0/s1. The third kappa shape index (κ3) is 3.36. The first kappa shape index (κ1) is 16.4. The number of amides is 1. The molecule has 1 aliphatic carbocycles. The molecule has 1 fully saturated rings. The number of hydrogen-bond acceptors (Lipinski definition) is 6. The fourth-order valence-electron chi connectivity index (χ4n) is 3.45. The second kappa shape index (κ2) is 7.05. The van der Waals surface area contributed by atoms with Gasteiger partial charge in [-0.15, -0.1) is 11.8 Å². The molecule has 2 aliphatic rings. The summed E-state index contributed by atoms with van der Waals surface area (Å²) < 4.78 is 0. The maximum absolute atomic E-state index is 12.7. The van der Waals surface area contributed by atoms with Crippen molar-refractivity contribution >= 4 is 34.5 Å². The predicted molar refractivity (Wildman–Crippen MR) is 100 cm³/mol. The van der Waals surface area contributed by atoms with Gasteiger partial charge in [0.2, 0.25) is 0 Å². The monoisotopic (exact) mass is 358 g/mol. The molecule has 25 heavy (non-hydrogen) atoms. The zero-order chi connectivity index (χ0) is 17.2. The third-order valence-corrected chi connectivity index (χ3v) is 5.82. The molecule has 7 nitrogen and oxygen atoms in total. The van der Waals surface area contributed by atoms with Crippen LogP contribution >= 0.6 is 11.8 Å².